The average molecular weight is 198 g/mol. The number of rotatable bonds is 2. The topological polar surface area (TPSA) is 26.7 Å². The van der Waals surface area contributed by atoms with Crippen molar-refractivity contribution in [3.8, 4) is 0 Å². The van der Waals surface area contributed by atoms with Gasteiger partial charge in [0.1, 0.15) is 0 Å². The van der Waals surface area contributed by atoms with Gasteiger partial charge in [-0.3, -0.25) is 9.80 Å². The highest BCUT2D eigenvalue weighted by molar-refractivity contribution is 5.02. The normalized spacial score (nSPS) is 34.3. The molecule has 0 amide bonds. The monoisotopic (exact) mass is 198 g/mol. The van der Waals surface area contributed by atoms with E-state index in [0.717, 1.165) is 6.54 Å². The molecule has 3 heterocycles. The lowest BCUT2D eigenvalue weighted by atomic mass is 9.85. The van der Waals surface area contributed by atoms with Crippen molar-refractivity contribution < 1.29 is 5.11 Å². The predicted octanol–water partition coefficient (Wildman–Crippen LogP) is 0.536. The molecule has 0 aromatic rings. The van der Waals surface area contributed by atoms with Gasteiger partial charge in [0.05, 0.1) is 6.61 Å². The average Bonchev–Trinajstić information content (AvgIpc) is 2.13. The lowest BCUT2D eigenvalue weighted by Crippen LogP contribution is -2.71. The van der Waals surface area contributed by atoms with E-state index >= 15 is 0 Å². The van der Waals surface area contributed by atoms with E-state index in [9.17, 15) is 0 Å². The Bertz CT molecular complexity index is 200. The first-order valence-corrected chi connectivity index (χ1v) is 5.64. The van der Waals surface area contributed by atoms with Crippen LogP contribution in [0.1, 0.15) is 27.2 Å². The van der Waals surface area contributed by atoms with Crippen molar-refractivity contribution in [3.05, 3.63) is 0 Å². The lowest BCUT2D eigenvalue weighted by molar-refractivity contribution is -0.0991. The maximum atomic E-state index is 8.93. The molecule has 3 rings (SSSR count). The Hall–Kier alpha value is -0.120. The van der Waals surface area contributed by atoms with Crippen LogP contribution in [0.2, 0.25) is 0 Å². The summed E-state index contributed by atoms with van der Waals surface area (Å²) in [4.78, 5) is 5.03. The predicted molar refractivity (Wildman–Crippen MR) is 57.3 cm³/mol. The van der Waals surface area contributed by atoms with Gasteiger partial charge in [0.2, 0.25) is 0 Å². The molecular weight excluding hydrogens is 176 g/mol. The molecule has 82 valence electrons. The Kier molecular flexibility index (Phi) is 2.58. The molecule has 0 saturated carbocycles. The summed E-state index contributed by atoms with van der Waals surface area (Å²) in [5, 5.41) is 8.93. The second-order valence-electron chi connectivity index (χ2n) is 5.58. The second kappa shape index (κ2) is 3.47. The van der Waals surface area contributed by atoms with E-state index in [2.05, 4.69) is 30.6 Å². The third-order valence-corrected chi connectivity index (χ3v) is 3.65. The summed E-state index contributed by atoms with van der Waals surface area (Å²) >= 11 is 0. The molecule has 2 atom stereocenters. The molecule has 2 unspecified atom stereocenters. The van der Waals surface area contributed by atoms with E-state index in [1.165, 1.54) is 19.5 Å². The van der Waals surface area contributed by atoms with Crippen LogP contribution in [-0.2, 0) is 0 Å². The van der Waals surface area contributed by atoms with Gasteiger partial charge in [-0.05, 0) is 27.2 Å². The van der Waals surface area contributed by atoms with Gasteiger partial charge in [-0.15, -0.1) is 0 Å². The fourth-order valence-electron chi connectivity index (χ4n) is 2.72. The van der Waals surface area contributed by atoms with Gasteiger partial charge in [-0.2, -0.15) is 0 Å². The van der Waals surface area contributed by atoms with E-state index < -0.39 is 0 Å². The van der Waals surface area contributed by atoms with Crippen LogP contribution < -0.4 is 0 Å². The zero-order valence-electron chi connectivity index (χ0n) is 9.53. The Morgan fingerprint density at radius 2 is 1.79 bits per heavy atom. The molecule has 3 aliphatic heterocycles. The summed E-state index contributed by atoms with van der Waals surface area (Å²) in [5.41, 5.74) is 0.308. The van der Waals surface area contributed by atoms with E-state index in [0.29, 0.717) is 24.2 Å². The summed E-state index contributed by atoms with van der Waals surface area (Å²) in [6, 6.07) is 1.42. The summed E-state index contributed by atoms with van der Waals surface area (Å²) < 4.78 is 0. The number of piperidine rings is 1. The lowest BCUT2D eigenvalue weighted by Gasteiger charge is -2.59. The number of fused-ring (bicyclic) bond motifs is 2. The Balaban J connectivity index is 1.92. The number of nitrogens with zero attached hydrogens (tertiary/aromatic N) is 2. The number of piperazine rings is 1. The van der Waals surface area contributed by atoms with Crippen molar-refractivity contribution >= 4 is 0 Å². The SMILES string of the molecule is CC(C)(C)N1CC2CC(C1)N2CCO. The van der Waals surface area contributed by atoms with Gasteiger partial charge in [0, 0.05) is 37.3 Å². The third-order valence-electron chi connectivity index (χ3n) is 3.65. The van der Waals surface area contributed by atoms with Crippen LogP contribution in [0.3, 0.4) is 0 Å². The highest BCUT2D eigenvalue weighted by atomic mass is 16.3. The minimum absolute atomic E-state index is 0.308. The molecule has 3 heteroatoms. The Morgan fingerprint density at radius 1 is 1.21 bits per heavy atom. The Morgan fingerprint density at radius 3 is 2.21 bits per heavy atom. The standard InChI is InChI=1S/C11H22N2O/c1-11(2,3)12-7-9-6-10(8-12)13(9)4-5-14/h9-10,14H,4-8H2,1-3H3. The highest BCUT2D eigenvalue weighted by Crippen LogP contribution is 2.34. The molecule has 2 bridgehead atoms. The van der Waals surface area contributed by atoms with Crippen molar-refractivity contribution in [2.75, 3.05) is 26.2 Å². The fourth-order valence-corrected chi connectivity index (χ4v) is 2.72. The molecule has 3 saturated heterocycles. The molecule has 0 aromatic heterocycles. The number of hydrogen-bond donors (Lipinski definition) is 1. The van der Waals surface area contributed by atoms with Crippen LogP contribution in [0.4, 0.5) is 0 Å². The third kappa shape index (κ3) is 1.69. The summed E-state index contributed by atoms with van der Waals surface area (Å²) in [7, 11) is 0. The molecule has 3 fully saturated rings. The van der Waals surface area contributed by atoms with Crippen LogP contribution in [0.5, 0.6) is 0 Å². The fraction of sp³-hybridized carbons (Fsp3) is 1.00. The molecule has 3 nitrogen and oxygen atoms in total. The van der Waals surface area contributed by atoms with E-state index in [4.69, 9.17) is 5.11 Å². The van der Waals surface area contributed by atoms with Crippen molar-refractivity contribution in [1.29, 1.82) is 0 Å². The van der Waals surface area contributed by atoms with Gasteiger partial charge < -0.3 is 5.11 Å². The summed E-state index contributed by atoms with van der Waals surface area (Å²) in [5.74, 6) is 0. The van der Waals surface area contributed by atoms with Gasteiger partial charge in [-0.1, -0.05) is 0 Å². The van der Waals surface area contributed by atoms with Crippen molar-refractivity contribution in [2.45, 2.75) is 44.8 Å². The van der Waals surface area contributed by atoms with Crippen LogP contribution in [0, 0.1) is 0 Å². The van der Waals surface area contributed by atoms with Gasteiger partial charge in [0.25, 0.3) is 0 Å². The van der Waals surface area contributed by atoms with E-state index in [1.54, 1.807) is 0 Å². The molecule has 14 heavy (non-hydrogen) atoms. The van der Waals surface area contributed by atoms with Crippen LogP contribution >= 0.6 is 0 Å². The highest BCUT2D eigenvalue weighted by Gasteiger charge is 2.46. The molecule has 0 aromatic carbocycles. The van der Waals surface area contributed by atoms with Crippen LogP contribution in [-0.4, -0.2) is 58.8 Å². The number of hydrogen-bond acceptors (Lipinski definition) is 3. The van der Waals surface area contributed by atoms with E-state index in [1.807, 2.05) is 0 Å². The molecule has 0 radical (unpaired) electrons. The van der Waals surface area contributed by atoms with Crippen molar-refractivity contribution in [2.24, 2.45) is 0 Å². The zero-order chi connectivity index (χ0) is 10.3. The minimum atomic E-state index is 0.308. The number of aliphatic hydroxyl groups excluding tert-OH is 1. The maximum absolute atomic E-state index is 8.93. The number of aliphatic hydroxyl groups is 1. The van der Waals surface area contributed by atoms with E-state index in [-0.39, 0.29) is 0 Å². The Labute approximate surface area is 86.7 Å². The molecule has 3 aliphatic rings. The van der Waals surface area contributed by atoms with Crippen LogP contribution in [0.15, 0.2) is 0 Å². The van der Waals surface area contributed by atoms with Crippen molar-refractivity contribution in [3.63, 3.8) is 0 Å². The molecule has 0 spiro atoms. The smallest absolute Gasteiger partial charge is 0.0558 e. The summed E-state index contributed by atoms with van der Waals surface area (Å²) in [6.07, 6.45) is 1.34. The molecule has 0 aliphatic carbocycles. The second-order valence-corrected chi connectivity index (χ2v) is 5.58. The van der Waals surface area contributed by atoms with Gasteiger partial charge in [-0.25, -0.2) is 0 Å². The summed E-state index contributed by atoms with van der Waals surface area (Å²) in [6.45, 7) is 10.4. The molecular formula is C11H22N2O. The minimum Gasteiger partial charge on any atom is -0.395 e. The van der Waals surface area contributed by atoms with Crippen LogP contribution in [0.25, 0.3) is 0 Å². The van der Waals surface area contributed by atoms with Gasteiger partial charge >= 0.3 is 0 Å². The molecule has 1 N–H and O–H groups in total. The first kappa shape index (κ1) is 10.4. The largest absolute Gasteiger partial charge is 0.395 e. The quantitative estimate of drug-likeness (QED) is 0.701. The van der Waals surface area contributed by atoms with Gasteiger partial charge in [0.15, 0.2) is 0 Å². The maximum Gasteiger partial charge on any atom is 0.0558 e. The first-order valence-electron chi connectivity index (χ1n) is 5.64. The first-order chi connectivity index (χ1) is 6.52. The zero-order valence-corrected chi connectivity index (χ0v) is 9.53. The van der Waals surface area contributed by atoms with Crippen molar-refractivity contribution in [1.82, 2.24) is 9.80 Å².